The molecule has 0 aliphatic heterocycles. The Morgan fingerprint density at radius 1 is 0.840 bits per heavy atom. The Labute approximate surface area is 145 Å². The minimum atomic E-state index is -0.483. The number of methoxy groups -OCH3 is 4. The third kappa shape index (κ3) is 4.00. The van der Waals surface area contributed by atoms with E-state index < -0.39 is 5.97 Å². The van der Waals surface area contributed by atoms with Crippen molar-refractivity contribution in [1.29, 1.82) is 0 Å². The number of benzene rings is 2. The molecule has 25 heavy (non-hydrogen) atoms. The summed E-state index contributed by atoms with van der Waals surface area (Å²) in [5.74, 6) is 0.269. The molecule has 2 aromatic rings. The predicted molar refractivity (Wildman–Crippen MR) is 91.8 cm³/mol. The second kappa shape index (κ2) is 8.05. The van der Waals surface area contributed by atoms with E-state index in [9.17, 15) is 9.59 Å². The molecule has 0 fully saturated rings. The first-order chi connectivity index (χ1) is 12.0. The third-order valence-corrected chi connectivity index (χ3v) is 3.47. The largest absolute Gasteiger partial charge is 0.493 e. The number of carbonyl (C=O) groups excluding carboxylic acids is 2. The fourth-order valence-corrected chi connectivity index (χ4v) is 2.26. The third-order valence-electron chi connectivity index (χ3n) is 3.47. The SMILES string of the molecule is COC(=O)c1cccc(NC(=O)c2cc(OC)c(OC)c(OC)c2)c1. The number of rotatable bonds is 6. The van der Waals surface area contributed by atoms with E-state index in [1.165, 1.54) is 34.5 Å². The first-order valence-electron chi connectivity index (χ1n) is 7.33. The van der Waals surface area contributed by atoms with Crippen LogP contribution < -0.4 is 19.5 Å². The minimum Gasteiger partial charge on any atom is -0.493 e. The van der Waals surface area contributed by atoms with Crippen LogP contribution in [-0.4, -0.2) is 40.3 Å². The van der Waals surface area contributed by atoms with Crippen LogP contribution in [0.1, 0.15) is 20.7 Å². The molecule has 0 saturated carbocycles. The zero-order valence-electron chi connectivity index (χ0n) is 14.4. The highest BCUT2D eigenvalue weighted by atomic mass is 16.5. The van der Waals surface area contributed by atoms with Gasteiger partial charge in [-0.25, -0.2) is 4.79 Å². The van der Waals surface area contributed by atoms with E-state index in [-0.39, 0.29) is 5.91 Å². The van der Waals surface area contributed by atoms with Crippen LogP contribution in [0.4, 0.5) is 5.69 Å². The maximum Gasteiger partial charge on any atom is 0.337 e. The zero-order chi connectivity index (χ0) is 18.4. The number of hydrogen-bond acceptors (Lipinski definition) is 6. The smallest absolute Gasteiger partial charge is 0.337 e. The lowest BCUT2D eigenvalue weighted by molar-refractivity contribution is 0.0600. The molecular formula is C18H19NO6. The molecule has 0 saturated heterocycles. The van der Waals surface area contributed by atoms with Crippen LogP contribution in [0.2, 0.25) is 0 Å². The molecule has 0 radical (unpaired) electrons. The number of carbonyl (C=O) groups is 2. The maximum absolute atomic E-state index is 12.5. The van der Waals surface area contributed by atoms with Crippen LogP contribution >= 0.6 is 0 Å². The average molecular weight is 345 g/mol. The minimum absolute atomic E-state index is 0.318. The predicted octanol–water partition coefficient (Wildman–Crippen LogP) is 2.75. The molecule has 1 N–H and O–H groups in total. The lowest BCUT2D eigenvalue weighted by Crippen LogP contribution is -2.13. The number of amides is 1. The Bertz CT molecular complexity index is 762. The van der Waals surface area contributed by atoms with Gasteiger partial charge in [-0.05, 0) is 30.3 Å². The lowest BCUT2D eigenvalue weighted by Gasteiger charge is -2.14. The number of ether oxygens (including phenoxy) is 4. The Morgan fingerprint density at radius 2 is 1.48 bits per heavy atom. The van der Waals surface area contributed by atoms with Crippen molar-refractivity contribution >= 4 is 17.6 Å². The molecule has 132 valence electrons. The number of hydrogen-bond donors (Lipinski definition) is 1. The summed E-state index contributed by atoms with van der Waals surface area (Å²) in [6, 6.07) is 9.53. The summed E-state index contributed by atoms with van der Waals surface area (Å²) in [5, 5.41) is 2.72. The van der Waals surface area contributed by atoms with Crippen molar-refractivity contribution in [3.05, 3.63) is 47.5 Å². The molecule has 0 heterocycles. The van der Waals surface area contributed by atoms with Crippen molar-refractivity contribution in [3.8, 4) is 17.2 Å². The molecule has 0 aromatic heterocycles. The van der Waals surface area contributed by atoms with Crippen molar-refractivity contribution in [2.24, 2.45) is 0 Å². The second-order valence-corrected chi connectivity index (χ2v) is 4.94. The molecule has 0 spiro atoms. The van der Waals surface area contributed by atoms with Crippen LogP contribution in [0.25, 0.3) is 0 Å². The number of esters is 1. The Balaban J connectivity index is 2.31. The van der Waals surface area contributed by atoms with Crippen molar-refractivity contribution in [2.45, 2.75) is 0 Å². The van der Waals surface area contributed by atoms with Crippen molar-refractivity contribution in [3.63, 3.8) is 0 Å². The molecule has 7 nitrogen and oxygen atoms in total. The van der Waals surface area contributed by atoms with Gasteiger partial charge in [0, 0.05) is 11.3 Å². The van der Waals surface area contributed by atoms with E-state index in [4.69, 9.17) is 14.2 Å². The van der Waals surface area contributed by atoms with Gasteiger partial charge in [0.25, 0.3) is 5.91 Å². The normalized spacial score (nSPS) is 9.92. The van der Waals surface area contributed by atoms with Gasteiger partial charge in [-0.1, -0.05) is 6.07 Å². The Morgan fingerprint density at radius 3 is 2.00 bits per heavy atom. The molecule has 2 aromatic carbocycles. The fourth-order valence-electron chi connectivity index (χ4n) is 2.26. The van der Waals surface area contributed by atoms with Gasteiger partial charge in [0.1, 0.15) is 0 Å². The molecule has 0 bridgehead atoms. The molecule has 1 amide bonds. The van der Waals surface area contributed by atoms with Gasteiger partial charge in [0.05, 0.1) is 34.0 Å². The van der Waals surface area contributed by atoms with Crippen LogP contribution in [0, 0.1) is 0 Å². The van der Waals surface area contributed by atoms with E-state index in [1.54, 1.807) is 30.3 Å². The molecule has 2 rings (SSSR count). The van der Waals surface area contributed by atoms with Gasteiger partial charge in [-0.15, -0.1) is 0 Å². The van der Waals surface area contributed by atoms with Crippen LogP contribution in [0.5, 0.6) is 17.2 Å². The second-order valence-electron chi connectivity index (χ2n) is 4.94. The quantitative estimate of drug-likeness (QED) is 0.811. The van der Waals surface area contributed by atoms with Gasteiger partial charge in [-0.3, -0.25) is 4.79 Å². The maximum atomic E-state index is 12.5. The standard InChI is InChI=1S/C18H19NO6/c1-22-14-9-12(10-15(23-2)16(14)24-3)17(20)19-13-7-5-6-11(8-13)18(21)25-4/h5-10H,1-4H3,(H,19,20). The van der Waals surface area contributed by atoms with Crippen molar-refractivity contribution in [2.75, 3.05) is 33.8 Å². The van der Waals surface area contributed by atoms with Crippen molar-refractivity contribution in [1.82, 2.24) is 0 Å². The summed E-state index contributed by atoms with van der Waals surface area (Å²) in [7, 11) is 5.72. The van der Waals surface area contributed by atoms with E-state index >= 15 is 0 Å². The molecular weight excluding hydrogens is 326 g/mol. The van der Waals surface area contributed by atoms with Gasteiger partial charge < -0.3 is 24.3 Å². The Kier molecular flexibility index (Phi) is 5.84. The molecule has 0 aliphatic rings. The van der Waals surface area contributed by atoms with Gasteiger partial charge in [-0.2, -0.15) is 0 Å². The number of nitrogens with one attached hydrogen (secondary N) is 1. The van der Waals surface area contributed by atoms with Crippen LogP contribution in [0.15, 0.2) is 36.4 Å². The lowest BCUT2D eigenvalue weighted by atomic mass is 10.1. The van der Waals surface area contributed by atoms with E-state index in [0.717, 1.165) is 0 Å². The summed E-state index contributed by atoms with van der Waals surface area (Å²) in [4.78, 5) is 24.1. The van der Waals surface area contributed by atoms with E-state index in [0.29, 0.717) is 34.1 Å². The van der Waals surface area contributed by atoms with Gasteiger partial charge >= 0.3 is 5.97 Å². The van der Waals surface area contributed by atoms with Crippen LogP contribution in [-0.2, 0) is 4.74 Å². The summed E-state index contributed by atoms with van der Waals surface area (Å²) in [6.07, 6.45) is 0. The summed E-state index contributed by atoms with van der Waals surface area (Å²) >= 11 is 0. The van der Waals surface area contributed by atoms with Crippen LogP contribution in [0.3, 0.4) is 0 Å². The van der Waals surface area contributed by atoms with E-state index in [2.05, 4.69) is 10.1 Å². The zero-order valence-corrected chi connectivity index (χ0v) is 14.4. The molecule has 7 heteroatoms. The molecule has 0 unspecified atom stereocenters. The highest BCUT2D eigenvalue weighted by molar-refractivity contribution is 6.05. The van der Waals surface area contributed by atoms with Gasteiger partial charge in [0.2, 0.25) is 5.75 Å². The summed E-state index contributed by atoms with van der Waals surface area (Å²) in [6.45, 7) is 0. The first kappa shape index (κ1) is 18.1. The molecule has 0 aliphatic carbocycles. The summed E-state index contributed by atoms with van der Waals surface area (Å²) < 4.78 is 20.4. The highest BCUT2D eigenvalue weighted by Crippen LogP contribution is 2.38. The highest BCUT2D eigenvalue weighted by Gasteiger charge is 2.17. The van der Waals surface area contributed by atoms with Crippen molar-refractivity contribution < 1.29 is 28.5 Å². The fraction of sp³-hybridized carbons (Fsp3) is 0.222. The monoisotopic (exact) mass is 345 g/mol. The van der Waals surface area contributed by atoms with E-state index in [1.807, 2.05) is 0 Å². The summed E-state index contributed by atoms with van der Waals surface area (Å²) in [5.41, 5.74) is 1.12. The molecule has 0 atom stereocenters. The number of anilines is 1. The van der Waals surface area contributed by atoms with Gasteiger partial charge in [0.15, 0.2) is 11.5 Å². The topological polar surface area (TPSA) is 83.1 Å². The average Bonchev–Trinajstić information content (AvgIpc) is 2.66. The Hall–Kier alpha value is -3.22. The first-order valence-corrected chi connectivity index (χ1v) is 7.33.